The molecule has 3 aromatic rings. The van der Waals surface area contributed by atoms with Crippen LogP contribution >= 0.6 is 11.3 Å². The van der Waals surface area contributed by atoms with Gasteiger partial charge in [0.25, 0.3) is 0 Å². The Bertz CT molecular complexity index is 903. The van der Waals surface area contributed by atoms with Gasteiger partial charge >= 0.3 is 0 Å². The first-order valence-corrected chi connectivity index (χ1v) is 9.44. The third-order valence-corrected chi connectivity index (χ3v) is 5.32. The van der Waals surface area contributed by atoms with Crippen molar-refractivity contribution >= 4 is 27.3 Å². The van der Waals surface area contributed by atoms with Gasteiger partial charge in [-0.15, -0.1) is 11.3 Å². The molecule has 0 aliphatic rings. The number of ether oxygens (including phenoxy) is 2. The molecule has 1 aromatic heterocycles. The predicted octanol–water partition coefficient (Wildman–Crippen LogP) is 4.21. The normalized spacial score (nSPS) is 12.0. The van der Waals surface area contributed by atoms with Crippen LogP contribution in [0.25, 0.3) is 10.1 Å². The van der Waals surface area contributed by atoms with Gasteiger partial charge in [0.15, 0.2) is 11.5 Å². The van der Waals surface area contributed by atoms with Crippen molar-refractivity contribution in [2.45, 2.75) is 25.8 Å². The Morgan fingerprint density at radius 2 is 1.88 bits per heavy atom. The molecule has 5 heteroatoms. The molecule has 26 heavy (non-hydrogen) atoms. The van der Waals surface area contributed by atoms with Crippen molar-refractivity contribution in [2.24, 2.45) is 0 Å². The first-order valence-electron chi connectivity index (χ1n) is 8.56. The van der Waals surface area contributed by atoms with Crippen LogP contribution in [-0.4, -0.2) is 26.2 Å². The molecule has 0 fully saturated rings. The Hall–Kier alpha value is -2.53. The third kappa shape index (κ3) is 4.17. The van der Waals surface area contributed by atoms with Crippen LogP contribution in [0, 0.1) is 0 Å². The number of carbonyl (C=O) groups is 1. The van der Waals surface area contributed by atoms with E-state index in [0.717, 1.165) is 12.0 Å². The van der Waals surface area contributed by atoms with Crippen LogP contribution in [0.3, 0.4) is 0 Å². The van der Waals surface area contributed by atoms with Gasteiger partial charge in [0, 0.05) is 10.7 Å². The molecule has 1 atom stereocenters. The number of nitrogens with one attached hydrogen (secondary N) is 1. The summed E-state index contributed by atoms with van der Waals surface area (Å²) in [7, 11) is 3.19. The number of rotatable bonds is 7. The summed E-state index contributed by atoms with van der Waals surface area (Å²) in [6, 6.07) is 14.0. The maximum atomic E-state index is 12.4. The Balaban J connectivity index is 1.61. The van der Waals surface area contributed by atoms with Crippen molar-refractivity contribution < 1.29 is 14.3 Å². The van der Waals surface area contributed by atoms with Crippen LogP contribution in [0.5, 0.6) is 11.5 Å². The molecule has 1 amide bonds. The van der Waals surface area contributed by atoms with Crippen LogP contribution in [-0.2, 0) is 17.6 Å². The summed E-state index contributed by atoms with van der Waals surface area (Å²) in [6.45, 7) is 2.04. The molecular formula is C21H23NO3S. The molecular weight excluding hydrogens is 346 g/mol. The number of carbonyl (C=O) groups excluding carboxylic acids is 1. The average molecular weight is 369 g/mol. The fraction of sp³-hybridized carbons (Fsp3) is 0.286. The summed E-state index contributed by atoms with van der Waals surface area (Å²) >= 11 is 1.75. The standard InChI is InChI=1S/C21H23NO3S/c1-14(10-16-13-26-20-7-5-4-6-17(16)20)22-21(23)12-15-8-9-18(24-2)19(11-15)25-3/h4-9,11,13-14H,10,12H2,1-3H3,(H,22,23)/t14-/m0/s1. The number of methoxy groups -OCH3 is 2. The molecule has 4 nitrogen and oxygen atoms in total. The Morgan fingerprint density at radius 3 is 2.65 bits per heavy atom. The lowest BCUT2D eigenvalue weighted by molar-refractivity contribution is -0.121. The second kappa shape index (κ2) is 8.23. The van der Waals surface area contributed by atoms with Gasteiger partial charge in [-0.2, -0.15) is 0 Å². The molecule has 1 heterocycles. The fourth-order valence-corrected chi connectivity index (χ4v) is 4.05. The van der Waals surface area contributed by atoms with E-state index in [0.29, 0.717) is 17.9 Å². The van der Waals surface area contributed by atoms with E-state index < -0.39 is 0 Å². The lowest BCUT2D eigenvalue weighted by atomic mass is 10.1. The number of amides is 1. The van der Waals surface area contributed by atoms with Crippen molar-refractivity contribution in [3.05, 3.63) is 59.0 Å². The van der Waals surface area contributed by atoms with Gasteiger partial charge in [-0.3, -0.25) is 4.79 Å². The monoisotopic (exact) mass is 369 g/mol. The Labute approximate surface area is 157 Å². The largest absolute Gasteiger partial charge is 0.493 e. The van der Waals surface area contributed by atoms with Crippen molar-refractivity contribution in [1.82, 2.24) is 5.32 Å². The summed E-state index contributed by atoms with van der Waals surface area (Å²) in [4.78, 5) is 12.4. The maximum Gasteiger partial charge on any atom is 0.224 e. The van der Waals surface area contributed by atoms with Gasteiger partial charge in [-0.05, 0) is 53.4 Å². The number of thiophene rings is 1. The molecule has 0 saturated carbocycles. The van der Waals surface area contributed by atoms with Crippen LogP contribution in [0.1, 0.15) is 18.1 Å². The highest BCUT2D eigenvalue weighted by atomic mass is 32.1. The lowest BCUT2D eigenvalue weighted by Gasteiger charge is -2.14. The van der Waals surface area contributed by atoms with Gasteiger partial charge in [0.2, 0.25) is 5.91 Å². The Kier molecular flexibility index (Phi) is 5.78. The molecule has 0 unspecified atom stereocenters. The minimum absolute atomic E-state index is 0.00394. The zero-order valence-electron chi connectivity index (χ0n) is 15.2. The quantitative estimate of drug-likeness (QED) is 0.679. The van der Waals surface area contributed by atoms with E-state index in [-0.39, 0.29) is 11.9 Å². The van der Waals surface area contributed by atoms with Crippen molar-refractivity contribution in [2.75, 3.05) is 14.2 Å². The van der Waals surface area contributed by atoms with Gasteiger partial charge in [0.1, 0.15) is 0 Å². The second-order valence-electron chi connectivity index (χ2n) is 6.30. The lowest BCUT2D eigenvalue weighted by Crippen LogP contribution is -2.35. The molecule has 0 spiro atoms. The van der Waals surface area contributed by atoms with Crippen LogP contribution in [0.2, 0.25) is 0 Å². The van der Waals surface area contributed by atoms with E-state index >= 15 is 0 Å². The summed E-state index contributed by atoms with van der Waals surface area (Å²) in [5, 5.41) is 6.55. The highest BCUT2D eigenvalue weighted by Crippen LogP contribution is 2.28. The van der Waals surface area contributed by atoms with E-state index in [1.807, 2.05) is 25.1 Å². The zero-order valence-corrected chi connectivity index (χ0v) is 16.1. The molecule has 2 aromatic carbocycles. The molecule has 0 aliphatic carbocycles. The number of benzene rings is 2. The fourth-order valence-electron chi connectivity index (χ4n) is 3.07. The van der Waals surface area contributed by atoms with E-state index in [2.05, 4.69) is 35.0 Å². The molecule has 0 saturated heterocycles. The zero-order chi connectivity index (χ0) is 18.5. The highest BCUT2D eigenvalue weighted by Gasteiger charge is 2.13. The predicted molar refractivity (Wildman–Crippen MR) is 106 cm³/mol. The summed E-state index contributed by atoms with van der Waals surface area (Å²) in [5.74, 6) is 1.30. The number of fused-ring (bicyclic) bond motifs is 1. The van der Waals surface area contributed by atoms with Crippen LogP contribution in [0.4, 0.5) is 0 Å². The topological polar surface area (TPSA) is 47.6 Å². The molecule has 136 valence electrons. The third-order valence-electron chi connectivity index (χ3n) is 4.31. The minimum atomic E-state index is 0.00394. The first kappa shape index (κ1) is 18.3. The maximum absolute atomic E-state index is 12.4. The van der Waals surface area contributed by atoms with Crippen molar-refractivity contribution in [1.29, 1.82) is 0 Å². The van der Waals surface area contributed by atoms with Crippen molar-refractivity contribution in [3.63, 3.8) is 0 Å². The summed E-state index contributed by atoms with van der Waals surface area (Å²) < 4.78 is 11.8. The highest BCUT2D eigenvalue weighted by molar-refractivity contribution is 7.17. The van der Waals surface area contributed by atoms with E-state index in [1.165, 1.54) is 15.6 Å². The molecule has 0 aliphatic heterocycles. The summed E-state index contributed by atoms with van der Waals surface area (Å²) in [6.07, 6.45) is 1.14. The SMILES string of the molecule is COc1ccc(CC(=O)N[C@@H](C)Cc2csc3ccccc23)cc1OC. The Morgan fingerprint density at radius 1 is 1.12 bits per heavy atom. The van der Waals surface area contributed by atoms with E-state index in [9.17, 15) is 4.79 Å². The van der Waals surface area contributed by atoms with E-state index in [4.69, 9.17) is 9.47 Å². The molecule has 0 bridgehead atoms. The second-order valence-corrected chi connectivity index (χ2v) is 7.21. The van der Waals surface area contributed by atoms with Gasteiger partial charge in [-0.1, -0.05) is 24.3 Å². The summed E-state index contributed by atoms with van der Waals surface area (Å²) in [5.41, 5.74) is 2.18. The number of hydrogen-bond acceptors (Lipinski definition) is 4. The smallest absolute Gasteiger partial charge is 0.224 e. The van der Waals surface area contributed by atoms with Crippen molar-refractivity contribution in [3.8, 4) is 11.5 Å². The molecule has 0 radical (unpaired) electrons. The molecule has 1 N–H and O–H groups in total. The van der Waals surface area contributed by atoms with Crippen LogP contribution in [0.15, 0.2) is 47.8 Å². The first-order chi connectivity index (χ1) is 12.6. The van der Waals surface area contributed by atoms with Gasteiger partial charge < -0.3 is 14.8 Å². The van der Waals surface area contributed by atoms with Gasteiger partial charge in [-0.25, -0.2) is 0 Å². The average Bonchev–Trinajstić information content (AvgIpc) is 3.04. The number of hydrogen-bond donors (Lipinski definition) is 1. The minimum Gasteiger partial charge on any atom is -0.493 e. The van der Waals surface area contributed by atoms with E-state index in [1.54, 1.807) is 25.6 Å². The molecule has 3 rings (SSSR count). The van der Waals surface area contributed by atoms with Gasteiger partial charge in [0.05, 0.1) is 20.6 Å². The van der Waals surface area contributed by atoms with Crippen LogP contribution < -0.4 is 14.8 Å².